The van der Waals surface area contributed by atoms with Crippen LogP contribution in [0.4, 0.5) is 0 Å². The molecule has 2 N–H and O–H groups in total. The Hall–Kier alpha value is -1.49. The van der Waals surface area contributed by atoms with Crippen LogP contribution in [0, 0.1) is 0 Å². The third-order valence-electron chi connectivity index (χ3n) is 3.92. The van der Waals surface area contributed by atoms with Crippen molar-refractivity contribution in [1.29, 1.82) is 0 Å². The van der Waals surface area contributed by atoms with Gasteiger partial charge in [-0.1, -0.05) is 24.3 Å². The summed E-state index contributed by atoms with van der Waals surface area (Å²) in [5.74, 6) is -0.650. The first-order valence-corrected chi connectivity index (χ1v) is 8.60. The van der Waals surface area contributed by atoms with Crippen LogP contribution in [-0.4, -0.2) is 35.0 Å². The van der Waals surface area contributed by atoms with Crippen molar-refractivity contribution >= 4 is 23.6 Å². The molecular weight excluding hydrogens is 286 g/mol. The Morgan fingerprint density at radius 1 is 1.43 bits per heavy atom. The molecule has 114 valence electrons. The van der Waals surface area contributed by atoms with E-state index in [0.29, 0.717) is 12.2 Å². The van der Waals surface area contributed by atoms with Crippen molar-refractivity contribution < 1.29 is 14.7 Å². The zero-order valence-electron chi connectivity index (χ0n) is 12.2. The van der Waals surface area contributed by atoms with Gasteiger partial charge in [-0.3, -0.25) is 4.79 Å². The SMILES string of the molecule is CSCC(=O)NC(CC1CCCc2ccccc21)C(=O)O. The molecule has 2 rings (SSSR count). The third kappa shape index (κ3) is 4.24. The van der Waals surface area contributed by atoms with E-state index in [9.17, 15) is 14.7 Å². The number of amides is 1. The molecule has 1 aliphatic carbocycles. The second-order valence-corrected chi connectivity index (χ2v) is 6.28. The van der Waals surface area contributed by atoms with Crippen LogP contribution in [0.5, 0.6) is 0 Å². The summed E-state index contributed by atoms with van der Waals surface area (Å²) in [5, 5.41) is 12.0. The summed E-state index contributed by atoms with van der Waals surface area (Å²) in [6.07, 6.45) is 5.41. The van der Waals surface area contributed by atoms with Gasteiger partial charge in [-0.2, -0.15) is 11.8 Å². The summed E-state index contributed by atoms with van der Waals surface area (Å²) >= 11 is 1.39. The molecule has 1 aromatic carbocycles. The minimum atomic E-state index is -0.951. The van der Waals surface area contributed by atoms with E-state index < -0.39 is 12.0 Å². The Balaban J connectivity index is 2.08. The molecule has 21 heavy (non-hydrogen) atoms. The van der Waals surface area contributed by atoms with Gasteiger partial charge in [-0.05, 0) is 49.0 Å². The number of hydrogen-bond acceptors (Lipinski definition) is 3. The van der Waals surface area contributed by atoms with Crippen molar-refractivity contribution in [2.75, 3.05) is 12.0 Å². The van der Waals surface area contributed by atoms with E-state index in [4.69, 9.17) is 0 Å². The van der Waals surface area contributed by atoms with Gasteiger partial charge in [0.25, 0.3) is 0 Å². The van der Waals surface area contributed by atoms with Crippen molar-refractivity contribution in [2.45, 2.75) is 37.6 Å². The Labute approximate surface area is 129 Å². The van der Waals surface area contributed by atoms with Crippen molar-refractivity contribution in [1.82, 2.24) is 5.32 Å². The Morgan fingerprint density at radius 3 is 2.90 bits per heavy atom. The van der Waals surface area contributed by atoms with Gasteiger partial charge in [0.2, 0.25) is 5.91 Å². The lowest BCUT2D eigenvalue weighted by Gasteiger charge is -2.28. The van der Waals surface area contributed by atoms with Gasteiger partial charge in [0, 0.05) is 0 Å². The standard InChI is InChI=1S/C16H21NO3S/c1-21-10-15(18)17-14(16(19)20)9-12-7-4-6-11-5-2-3-8-13(11)12/h2-3,5,8,12,14H,4,6-7,9-10H2,1H3,(H,17,18)(H,19,20). The highest BCUT2D eigenvalue weighted by Crippen LogP contribution is 2.34. The summed E-state index contributed by atoms with van der Waals surface area (Å²) in [7, 11) is 0. The maximum Gasteiger partial charge on any atom is 0.326 e. The molecule has 0 saturated carbocycles. The monoisotopic (exact) mass is 307 g/mol. The first-order chi connectivity index (χ1) is 10.1. The van der Waals surface area contributed by atoms with Crippen LogP contribution in [0.3, 0.4) is 0 Å². The van der Waals surface area contributed by atoms with Gasteiger partial charge in [0.15, 0.2) is 0 Å². The van der Waals surface area contributed by atoms with Crippen LogP contribution < -0.4 is 5.32 Å². The van der Waals surface area contributed by atoms with Crippen LogP contribution >= 0.6 is 11.8 Å². The molecule has 0 fully saturated rings. The molecule has 4 nitrogen and oxygen atoms in total. The maximum absolute atomic E-state index is 11.6. The molecule has 0 radical (unpaired) electrons. The smallest absolute Gasteiger partial charge is 0.326 e. The van der Waals surface area contributed by atoms with Gasteiger partial charge >= 0.3 is 5.97 Å². The average molecular weight is 307 g/mol. The van der Waals surface area contributed by atoms with Crippen LogP contribution in [0.25, 0.3) is 0 Å². The minimum absolute atomic E-state index is 0.209. The first kappa shape index (κ1) is 15.9. The van der Waals surface area contributed by atoms with E-state index in [1.165, 1.54) is 22.9 Å². The van der Waals surface area contributed by atoms with Crippen molar-refractivity contribution in [3.05, 3.63) is 35.4 Å². The molecule has 5 heteroatoms. The normalized spacial score (nSPS) is 18.6. The van der Waals surface area contributed by atoms with Crippen LogP contribution in [0.2, 0.25) is 0 Å². The number of carbonyl (C=O) groups excluding carboxylic acids is 1. The minimum Gasteiger partial charge on any atom is -0.480 e. The highest BCUT2D eigenvalue weighted by molar-refractivity contribution is 7.99. The van der Waals surface area contributed by atoms with Gasteiger partial charge in [0.1, 0.15) is 6.04 Å². The molecule has 2 unspecified atom stereocenters. The number of aryl methyl sites for hydroxylation is 1. The number of carboxylic acid groups (broad SMARTS) is 1. The fraction of sp³-hybridized carbons (Fsp3) is 0.500. The molecule has 0 heterocycles. The predicted molar refractivity (Wildman–Crippen MR) is 84.7 cm³/mol. The van der Waals surface area contributed by atoms with E-state index in [1.807, 2.05) is 18.4 Å². The zero-order valence-corrected chi connectivity index (χ0v) is 13.0. The molecule has 1 amide bonds. The van der Waals surface area contributed by atoms with E-state index in [0.717, 1.165) is 19.3 Å². The number of aliphatic carboxylic acids is 1. The number of hydrogen-bond donors (Lipinski definition) is 2. The van der Waals surface area contributed by atoms with Gasteiger partial charge < -0.3 is 10.4 Å². The summed E-state index contributed by atoms with van der Waals surface area (Å²) in [6.45, 7) is 0. The number of carbonyl (C=O) groups is 2. The largest absolute Gasteiger partial charge is 0.480 e. The lowest BCUT2D eigenvalue weighted by Crippen LogP contribution is -2.42. The second-order valence-electron chi connectivity index (χ2n) is 5.42. The van der Waals surface area contributed by atoms with Crippen molar-refractivity contribution in [2.24, 2.45) is 0 Å². The summed E-state index contributed by atoms with van der Waals surface area (Å²) in [6, 6.07) is 7.42. The average Bonchev–Trinajstić information content (AvgIpc) is 2.47. The number of fused-ring (bicyclic) bond motifs is 1. The van der Waals surface area contributed by atoms with E-state index in [2.05, 4.69) is 17.4 Å². The van der Waals surface area contributed by atoms with Crippen LogP contribution in [-0.2, 0) is 16.0 Å². The highest BCUT2D eigenvalue weighted by Gasteiger charge is 2.27. The van der Waals surface area contributed by atoms with Gasteiger partial charge in [-0.15, -0.1) is 0 Å². The number of benzene rings is 1. The maximum atomic E-state index is 11.6. The number of thioether (sulfide) groups is 1. The van der Waals surface area contributed by atoms with Crippen molar-refractivity contribution in [3.63, 3.8) is 0 Å². The molecule has 0 bridgehead atoms. The molecule has 0 saturated heterocycles. The molecule has 2 atom stereocenters. The first-order valence-electron chi connectivity index (χ1n) is 7.20. The third-order valence-corrected chi connectivity index (χ3v) is 4.47. The number of nitrogens with one attached hydrogen (secondary N) is 1. The molecular formula is C16H21NO3S. The fourth-order valence-corrected chi connectivity index (χ4v) is 3.32. The summed E-state index contributed by atoms with van der Waals surface area (Å²) in [5.41, 5.74) is 2.56. The summed E-state index contributed by atoms with van der Waals surface area (Å²) in [4.78, 5) is 23.1. The molecule has 0 aromatic heterocycles. The van der Waals surface area contributed by atoms with Gasteiger partial charge in [-0.25, -0.2) is 4.79 Å². The number of carboxylic acids is 1. The predicted octanol–water partition coefficient (Wildman–Crippen LogP) is 2.43. The Morgan fingerprint density at radius 2 is 2.19 bits per heavy atom. The second kappa shape index (κ2) is 7.50. The zero-order chi connectivity index (χ0) is 15.2. The molecule has 0 aliphatic heterocycles. The molecule has 0 spiro atoms. The van der Waals surface area contributed by atoms with Crippen LogP contribution in [0.15, 0.2) is 24.3 Å². The van der Waals surface area contributed by atoms with Gasteiger partial charge in [0.05, 0.1) is 5.75 Å². The van der Waals surface area contributed by atoms with E-state index in [1.54, 1.807) is 0 Å². The van der Waals surface area contributed by atoms with Crippen molar-refractivity contribution in [3.8, 4) is 0 Å². The molecule has 1 aliphatic rings. The molecule has 1 aromatic rings. The van der Waals surface area contributed by atoms with Crippen LogP contribution in [0.1, 0.15) is 36.3 Å². The lowest BCUT2D eigenvalue weighted by molar-refractivity contribution is -0.141. The fourth-order valence-electron chi connectivity index (χ4n) is 2.97. The Kier molecular flexibility index (Phi) is 5.67. The van der Waals surface area contributed by atoms with E-state index in [-0.39, 0.29) is 11.8 Å². The topological polar surface area (TPSA) is 66.4 Å². The Bertz CT molecular complexity index is 518. The summed E-state index contributed by atoms with van der Waals surface area (Å²) < 4.78 is 0. The quantitative estimate of drug-likeness (QED) is 0.847. The van der Waals surface area contributed by atoms with E-state index >= 15 is 0 Å². The highest BCUT2D eigenvalue weighted by atomic mass is 32.2. The number of rotatable bonds is 6. The lowest BCUT2D eigenvalue weighted by atomic mass is 9.79.